The maximum atomic E-state index is 10.1. The predicted octanol–water partition coefficient (Wildman–Crippen LogP) is 2.06. The summed E-state index contributed by atoms with van der Waals surface area (Å²) in [5.74, 6) is 0.146. The van der Waals surface area contributed by atoms with Crippen LogP contribution in [0.4, 0.5) is 0 Å². The van der Waals surface area contributed by atoms with Crippen molar-refractivity contribution in [3.05, 3.63) is 59.4 Å². The molecule has 2 atom stereocenters. The molecular weight excluding hydrogens is 186 g/mol. The minimum Gasteiger partial charge on any atom is -0.392 e. The first-order valence-electron chi connectivity index (χ1n) is 5.25. The first-order chi connectivity index (χ1) is 7.36. The van der Waals surface area contributed by atoms with Crippen LogP contribution in [0.25, 0.3) is 0 Å². The maximum Gasteiger partial charge on any atom is 0.0690 e. The van der Waals surface area contributed by atoms with E-state index in [-0.39, 0.29) is 12.0 Å². The van der Waals surface area contributed by atoms with Gasteiger partial charge in [0.1, 0.15) is 0 Å². The van der Waals surface area contributed by atoms with Crippen molar-refractivity contribution in [2.75, 3.05) is 0 Å². The smallest absolute Gasteiger partial charge is 0.0690 e. The van der Waals surface area contributed by atoms with Crippen molar-refractivity contribution < 1.29 is 5.11 Å². The lowest BCUT2D eigenvalue weighted by atomic mass is 9.94. The standard InChI is InChI=1S/C13H13NO/c15-12-7-9-3-1-2-4-11(9)13(12)10-5-6-14-8-10/h1-6,8,12-15H,7H2/t12-,13-/m1/s1. The Morgan fingerprint density at radius 2 is 2.07 bits per heavy atom. The molecule has 0 radical (unpaired) electrons. The van der Waals surface area contributed by atoms with Gasteiger partial charge in [-0.05, 0) is 29.2 Å². The van der Waals surface area contributed by atoms with Gasteiger partial charge in [-0.3, -0.25) is 0 Å². The van der Waals surface area contributed by atoms with Crippen molar-refractivity contribution in [2.45, 2.75) is 18.4 Å². The molecular formula is C13H13NO. The molecule has 3 rings (SSSR count). The Labute approximate surface area is 88.6 Å². The minimum atomic E-state index is -0.279. The number of aromatic amines is 1. The number of aliphatic hydroxyl groups is 1. The largest absolute Gasteiger partial charge is 0.392 e. The van der Waals surface area contributed by atoms with Crippen LogP contribution in [0.5, 0.6) is 0 Å². The van der Waals surface area contributed by atoms with Gasteiger partial charge in [-0.15, -0.1) is 0 Å². The molecule has 76 valence electrons. The average molecular weight is 199 g/mol. The van der Waals surface area contributed by atoms with Crippen molar-refractivity contribution in [3.63, 3.8) is 0 Å². The Morgan fingerprint density at radius 3 is 2.87 bits per heavy atom. The number of rotatable bonds is 1. The van der Waals surface area contributed by atoms with Crippen molar-refractivity contribution in [3.8, 4) is 0 Å². The molecule has 2 N–H and O–H groups in total. The van der Waals surface area contributed by atoms with E-state index in [0.717, 1.165) is 6.42 Å². The van der Waals surface area contributed by atoms with Gasteiger partial charge in [-0.1, -0.05) is 24.3 Å². The average Bonchev–Trinajstić information content (AvgIpc) is 2.82. The summed E-state index contributed by atoms with van der Waals surface area (Å²) in [7, 11) is 0. The molecule has 0 amide bonds. The number of aliphatic hydroxyl groups excluding tert-OH is 1. The highest BCUT2D eigenvalue weighted by Gasteiger charge is 2.31. The third-order valence-electron chi connectivity index (χ3n) is 3.19. The Bertz CT molecular complexity index is 461. The first-order valence-corrected chi connectivity index (χ1v) is 5.25. The lowest BCUT2D eigenvalue weighted by molar-refractivity contribution is 0.169. The van der Waals surface area contributed by atoms with E-state index in [9.17, 15) is 5.11 Å². The third kappa shape index (κ3) is 1.29. The number of H-pyrrole nitrogens is 1. The predicted molar refractivity (Wildman–Crippen MR) is 58.8 cm³/mol. The van der Waals surface area contributed by atoms with Crippen LogP contribution >= 0.6 is 0 Å². The van der Waals surface area contributed by atoms with E-state index in [4.69, 9.17) is 0 Å². The summed E-state index contributed by atoms with van der Waals surface area (Å²) in [6, 6.07) is 10.3. The van der Waals surface area contributed by atoms with Gasteiger partial charge in [-0.2, -0.15) is 0 Å². The molecule has 2 nitrogen and oxygen atoms in total. The van der Waals surface area contributed by atoms with Crippen LogP contribution in [-0.4, -0.2) is 16.2 Å². The highest BCUT2D eigenvalue weighted by atomic mass is 16.3. The van der Waals surface area contributed by atoms with Crippen LogP contribution < -0.4 is 0 Å². The Balaban J connectivity index is 2.10. The maximum absolute atomic E-state index is 10.1. The fourth-order valence-electron chi connectivity index (χ4n) is 2.51. The number of benzene rings is 1. The van der Waals surface area contributed by atoms with Crippen LogP contribution in [0.15, 0.2) is 42.7 Å². The van der Waals surface area contributed by atoms with Crippen LogP contribution in [0.1, 0.15) is 22.6 Å². The molecule has 1 aliphatic carbocycles. The molecule has 0 spiro atoms. The molecule has 1 aromatic heterocycles. The fourth-order valence-corrected chi connectivity index (χ4v) is 2.51. The van der Waals surface area contributed by atoms with Crippen LogP contribution in [-0.2, 0) is 6.42 Å². The van der Waals surface area contributed by atoms with Crippen molar-refractivity contribution in [1.29, 1.82) is 0 Å². The van der Waals surface area contributed by atoms with Crippen molar-refractivity contribution in [1.82, 2.24) is 4.98 Å². The van der Waals surface area contributed by atoms with Crippen molar-refractivity contribution in [2.24, 2.45) is 0 Å². The fraction of sp³-hybridized carbons (Fsp3) is 0.231. The molecule has 0 unspecified atom stereocenters. The second-order valence-electron chi connectivity index (χ2n) is 4.09. The zero-order valence-corrected chi connectivity index (χ0v) is 8.35. The van der Waals surface area contributed by atoms with E-state index in [2.05, 4.69) is 17.1 Å². The van der Waals surface area contributed by atoms with Gasteiger partial charge in [0, 0.05) is 18.3 Å². The highest BCUT2D eigenvalue weighted by Crippen LogP contribution is 2.37. The van der Waals surface area contributed by atoms with E-state index in [1.807, 2.05) is 30.6 Å². The number of nitrogens with one attached hydrogen (secondary N) is 1. The molecule has 1 aromatic carbocycles. The summed E-state index contributed by atoms with van der Waals surface area (Å²) in [4.78, 5) is 3.05. The molecule has 0 bridgehead atoms. The number of hydrogen-bond acceptors (Lipinski definition) is 1. The van der Waals surface area contributed by atoms with E-state index in [1.54, 1.807) is 0 Å². The quantitative estimate of drug-likeness (QED) is 0.724. The zero-order chi connectivity index (χ0) is 10.3. The number of hydrogen-bond donors (Lipinski definition) is 2. The van der Waals surface area contributed by atoms with E-state index < -0.39 is 0 Å². The lowest BCUT2D eigenvalue weighted by Crippen LogP contribution is -2.13. The monoisotopic (exact) mass is 199 g/mol. The third-order valence-corrected chi connectivity index (χ3v) is 3.19. The molecule has 1 aliphatic rings. The molecule has 0 fully saturated rings. The summed E-state index contributed by atoms with van der Waals surface area (Å²) >= 11 is 0. The Kier molecular flexibility index (Phi) is 1.89. The molecule has 0 saturated carbocycles. The van der Waals surface area contributed by atoms with Crippen molar-refractivity contribution >= 4 is 0 Å². The SMILES string of the molecule is O[C@@H]1Cc2ccccc2[C@H]1c1cc[nH]c1. The van der Waals surface area contributed by atoms with E-state index in [0.29, 0.717) is 0 Å². The molecule has 0 saturated heterocycles. The Morgan fingerprint density at radius 1 is 1.20 bits per heavy atom. The molecule has 2 aromatic rings. The van der Waals surface area contributed by atoms with Gasteiger partial charge in [0.25, 0.3) is 0 Å². The van der Waals surface area contributed by atoms with Gasteiger partial charge >= 0.3 is 0 Å². The second kappa shape index (κ2) is 3.24. The normalized spacial score (nSPS) is 24.1. The van der Waals surface area contributed by atoms with Crippen LogP contribution in [0, 0.1) is 0 Å². The topological polar surface area (TPSA) is 36.0 Å². The van der Waals surface area contributed by atoms with Gasteiger partial charge < -0.3 is 10.1 Å². The van der Waals surface area contributed by atoms with Gasteiger partial charge in [0.2, 0.25) is 0 Å². The molecule has 2 heteroatoms. The summed E-state index contributed by atoms with van der Waals surface area (Å²) in [6.45, 7) is 0. The van der Waals surface area contributed by atoms with Gasteiger partial charge in [-0.25, -0.2) is 0 Å². The summed E-state index contributed by atoms with van der Waals surface area (Å²) in [5.41, 5.74) is 3.72. The van der Waals surface area contributed by atoms with Crippen LogP contribution in [0.2, 0.25) is 0 Å². The summed E-state index contributed by atoms with van der Waals surface area (Å²) in [6.07, 6.45) is 4.36. The van der Waals surface area contributed by atoms with E-state index in [1.165, 1.54) is 16.7 Å². The van der Waals surface area contributed by atoms with Gasteiger partial charge in [0.05, 0.1) is 6.10 Å². The molecule has 1 heterocycles. The Hall–Kier alpha value is -1.54. The van der Waals surface area contributed by atoms with Gasteiger partial charge in [0.15, 0.2) is 0 Å². The first kappa shape index (κ1) is 8.74. The summed E-state index contributed by atoms with van der Waals surface area (Å²) in [5, 5.41) is 10.1. The van der Waals surface area contributed by atoms with E-state index >= 15 is 0 Å². The molecule has 0 aliphatic heterocycles. The number of fused-ring (bicyclic) bond motifs is 1. The number of aromatic nitrogens is 1. The highest BCUT2D eigenvalue weighted by molar-refractivity contribution is 5.43. The zero-order valence-electron chi connectivity index (χ0n) is 8.35. The summed E-state index contributed by atoms with van der Waals surface area (Å²) < 4.78 is 0. The lowest BCUT2D eigenvalue weighted by Gasteiger charge is -2.13. The molecule has 15 heavy (non-hydrogen) atoms. The minimum absolute atomic E-state index is 0.146. The second-order valence-corrected chi connectivity index (χ2v) is 4.09. The van der Waals surface area contributed by atoms with Crippen LogP contribution in [0.3, 0.4) is 0 Å².